The molecule has 0 atom stereocenters. The highest BCUT2D eigenvalue weighted by Crippen LogP contribution is 2.31. The largest absolute Gasteiger partial charge is 0.352 e. The number of benzene rings is 2. The summed E-state index contributed by atoms with van der Waals surface area (Å²) in [4.78, 5) is 5.72. The Labute approximate surface area is 200 Å². The maximum atomic E-state index is 11.8. The van der Waals surface area contributed by atoms with Crippen molar-refractivity contribution in [1.82, 2.24) is 14.7 Å². The topological polar surface area (TPSA) is 91.3 Å². The zero-order valence-electron chi connectivity index (χ0n) is 16.5. The molecule has 0 unspecified atom stereocenters. The minimum Gasteiger partial charge on any atom is -0.352 e. The Bertz CT molecular complexity index is 1330. The highest BCUT2D eigenvalue weighted by Gasteiger charge is 2.27. The zero-order chi connectivity index (χ0) is 22.9. The number of halogens is 3. The molecule has 2 aromatic carbocycles. The summed E-state index contributed by atoms with van der Waals surface area (Å²) in [6.07, 6.45) is 1.81. The third-order valence-corrected chi connectivity index (χ3v) is 7.42. The van der Waals surface area contributed by atoms with Crippen LogP contribution in [-0.4, -0.2) is 53.5 Å². The van der Waals surface area contributed by atoms with E-state index in [4.69, 9.17) is 34.8 Å². The van der Waals surface area contributed by atoms with Crippen molar-refractivity contribution in [1.29, 1.82) is 5.26 Å². The van der Waals surface area contributed by atoms with Gasteiger partial charge in [-0.25, -0.2) is 13.1 Å². The monoisotopic (exact) mass is 507 g/mol. The van der Waals surface area contributed by atoms with E-state index in [-0.39, 0.29) is 24.6 Å². The van der Waals surface area contributed by atoms with Crippen molar-refractivity contribution in [2.45, 2.75) is 0 Å². The molecule has 1 aromatic heterocycles. The molecule has 0 spiro atoms. The highest BCUT2D eigenvalue weighted by atomic mass is 35.5. The minimum absolute atomic E-state index is 0.00872. The lowest BCUT2D eigenvalue weighted by atomic mass is 10.1. The summed E-state index contributed by atoms with van der Waals surface area (Å²) >= 11 is 18.6. The average molecular weight is 509 g/mol. The summed E-state index contributed by atoms with van der Waals surface area (Å²) in [5.41, 5.74) is 2.51. The molecule has 164 valence electrons. The lowest BCUT2D eigenvalue weighted by molar-refractivity contribution is 0.442. The number of amidine groups is 1. The van der Waals surface area contributed by atoms with Gasteiger partial charge in [-0.3, -0.25) is 0 Å². The number of sulfone groups is 1. The first kappa shape index (κ1) is 22.6. The molecule has 1 fully saturated rings. The Kier molecular flexibility index (Phi) is 6.45. The predicted molar refractivity (Wildman–Crippen MR) is 126 cm³/mol. The summed E-state index contributed by atoms with van der Waals surface area (Å²) in [6.45, 7) is 0.460. The standard InChI is InChI=1S/C21H16Cl3N5O2S/c22-15-3-1-14(2-4-15)20-12-18(27-29(20)19-6-5-16(23)11-17(19)24)21(26-13-25)28-7-9-32(30,31)10-8-28/h1-6,11-12H,7-10H2. The van der Waals surface area contributed by atoms with E-state index in [1.54, 1.807) is 52.2 Å². The van der Waals surface area contributed by atoms with Crippen LogP contribution in [-0.2, 0) is 9.84 Å². The molecule has 32 heavy (non-hydrogen) atoms. The third kappa shape index (κ3) is 4.76. The van der Waals surface area contributed by atoms with E-state index in [0.717, 1.165) is 5.56 Å². The Morgan fingerprint density at radius 3 is 2.28 bits per heavy atom. The molecule has 1 aliphatic heterocycles. The summed E-state index contributed by atoms with van der Waals surface area (Å²) in [5, 5.41) is 15.4. The fraction of sp³-hybridized carbons (Fsp3) is 0.190. The number of nitriles is 1. The van der Waals surface area contributed by atoms with Crippen LogP contribution in [0.4, 0.5) is 0 Å². The number of hydrogen-bond acceptors (Lipinski definition) is 5. The van der Waals surface area contributed by atoms with Gasteiger partial charge in [0.05, 0.1) is 27.9 Å². The van der Waals surface area contributed by atoms with Crippen LogP contribution in [0, 0.1) is 11.5 Å². The summed E-state index contributed by atoms with van der Waals surface area (Å²) < 4.78 is 25.3. The average Bonchev–Trinajstić information content (AvgIpc) is 3.17. The van der Waals surface area contributed by atoms with Gasteiger partial charge in [0.15, 0.2) is 15.7 Å². The number of hydrogen-bond donors (Lipinski definition) is 0. The summed E-state index contributed by atoms with van der Waals surface area (Å²) in [5.74, 6) is 0.289. The molecule has 1 aliphatic rings. The molecule has 0 saturated carbocycles. The molecular formula is C21H16Cl3N5O2S. The summed E-state index contributed by atoms with van der Waals surface area (Å²) in [6, 6.07) is 14.1. The number of aromatic nitrogens is 2. The first-order chi connectivity index (χ1) is 15.3. The van der Waals surface area contributed by atoms with Gasteiger partial charge in [-0.15, -0.1) is 0 Å². The van der Waals surface area contributed by atoms with E-state index in [9.17, 15) is 13.7 Å². The number of rotatable bonds is 3. The van der Waals surface area contributed by atoms with Gasteiger partial charge in [0, 0.05) is 28.7 Å². The first-order valence-electron chi connectivity index (χ1n) is 9.51. The lowest BCUT2D eigenvalue weighted by Crippen LogP contribution is -2.44. The van der Waals surface area contributed by atoms with Gasteiger partial charge in [-0.05, 0) is 36.4 Å². The second kappa shape index (κ2) is 9.12. The second-order valence-corrected chi connectivity index (χ2v) is 10.7. The lowest BCUT2D eigenvalue weighted by Gasteiger charge is -2.28. The van der Waals surface area contributed by atoms with Gasteiger partial charge in [0.2, 0.25) is 6.19 Å². The second-order valence-electron chi connectivity index (χ2n) is 7.10. The Hall–Kier alpha value is -2.57. The normalized spacial score (nSPS) is 16.1. The van der Waals surface area contributed by atoms with Crippen molar-refractivity contribution in [2.75, 3.05) is 24.6 Å². The third-order valence-electron chi connectivity index (χ3n) is 5.02. The molecule has 0 bridgehead atoms. The number of nitrogens with zero attached hydrogens (tertiary/aromatic N) is 5. The van der Waals surface area contributed by atoms with Crippen LogP contribution in [0.15, 0.2) is 53.5 Å². The maximum absolute atomic E-state index is 11.8. The van der Waals surface area contributed by atoms with Crippen LogP contribution in [0.5, 0.6) is 0 Å². The van der Waals surface area contributed by atoms with Crippen LogP contribution in [0.3, 0.4) is 0 Å². The Morgan fingerprint density at radius 2 is 1.66 bits per heavy atom. The van der Waals surface area contributed by atoms with Gasteiger partial charge in [-0.2, -0.15) is 15.4 Å². The molecule has 4 rings (SSSR count). The molecule has 7 nitrogen and oxygen atoms in total. The van der Waals surface area contributed by atoms with Crippen LogP contribution >= 0.6 is 34.8 Å². The summed E-state index contributed by atoms with van der Waals surface area (Å²) in [7, 11) is -3.10. The predicted octanol–water partition coefficient (Wildman–Crippen LogP) is 4.46. The van der Waals surface area contributed by atoms with Gasteiger partial charge < -0.3 is 4.90 Å². The minimum atomic E-state index is -3.10. The molecule has 0 N–H and O–H groups in total. The van der Waals surface area contributed by atoms with Crippen molar-refractivity contribution in [3.8, 4) is 23.1 Å². The van der Waals surface area contributed by atoms with Gasteiger partial charge in [0.1, 0.15) is 5.69 Å². The quantitative estimate of drug-likeness (QED) is 0.296. The number of aliphatic imine (C=N–C) groups is 1. The smallest absolute Gasteiger partial charge is 0.207 e. The van der Waals surface area contributed by atoms with Crippen LogP contribution in [0.25, 0.3) is 16.9 Å². The van der Waals surface area contributed by atoms with E-state index in [0.29, 0.717) is 38.0 Å². The van der Waals surface area contributed by atoms with Crippen molar-refractivity contribution >= 4 is 50.5 Å². The molecule has 2 heterocycles. The first-order valence-corrected chi connectivity index (χ1v) is 12.5. The van der Waals surface area contributed by atoms with E-state index < -0.39 is 9.84 Å². The highest BCUT2D eigenvalue weighted by molar-refractivity contribution is 7.91. The van der Waals surface area contributed by atoms with Crippen LogP contribution in [0.1, 0.15) is 5.69 Å². The van der Waals surface area contributed by atoms with Crippen LogP contribution in [0.2, 0.25) is 15.1 Å². The van der Waals surface area contributed by atoms with Crippen molar-refractivity contribution in [3.63, 3.8) is 0 Å². The SMILES string of the molecule is N#CN=C(c1cc(-c2ccc(Cl)cc2)n(-c2ccc(Cl)cc2Cl)n1)N1CCS(=O)(=O)CC1. The molecule has 3 aromatic rings. The van der Waals surface area contributed by atoms with E-state index >= 15 is 0 Å². The van der Waals surface area contributed by atoms with Gasteiger partial charge in [-0.1, -0.05) is 46.9 Å². The molecule has 0 amide bonds. The van der Waals surface area contributed by atoms with E-state index in [2.05, 4.69) is 10.1 Å². The van der Waals surface area contributed by atoms with Gasteiger partial charge >= 0.3 is 0 Å². The Balaban J connectivity index is 1.85. The Morgan fingerprint density at radius 1 is 1.00 bits per heavy atom. The molecule has 11 heteroatoms. The van der Waals surface area contributed by atoms with Crippen molar-refractivity contribution in [3.05, 3.63) is 69.3 Å². The zero-order valence-corrected chi connectivity index (χ0v) is 19.6. The molecule has 0 aliphatic carbocycles. The van der Waals surface area contributed by atoms with Crippen molar-refractivity contribution in [2.24, 2.45) is 4.99 Å². The van der Waals surface area contributed by atoms with E-state index in [1.165, 1.54) is 0 Å². The van der Waals surface area contributed by atoms with Crippen molar-refractivity contribution < 1.29 is 8.42 Å². The van der Waals surface area contributed by atoms with Crippen LogP contribution < -0.4 is 0 Å². The fourth-order valence-electron chi connectivity index (χ4n) is 3.41. The maximum Gasteiger partial charge on any atom is 0.207 e. The van der Waals surface area contributed by atoms with E-state index in [1.807, 2.05) is 12.1 Å². The van der Waals surface area contributed by atoms with Gasteiger partial charge in [0.25, 0.3) is 0 Å². The molecule has 0 radical (unpaired) electrons. The molecular weight excluding hydrogens is 493 g/mol. The molecule has 1 saturated heterocycles. The fourth-order valence-corrected chi connectivity index (χ4v) is 5.23.